The summed E-state index contributed by atoms with van der Waals surface area (Å²) in [6.45, 7) is 0.977. The molecule has 3 heteroatoms. The van der Waals surface area contributed by atoms with Crippen LogP contribution in [0.4, 0.5) is 5.82 Å². The Morgan fingerprint density at radius 2 is 1.83 bits per heavy atom. The lowest BCUT2D eigenvalue weighted by Gasteiger charge is -2.17. The molecule has 18 heavy (non-hydrogen) atoms. The van der Waals surface area contributed by atoms with Gasteiger partial charge in [0.15, 0.2) is 0 Å². The van der Waals surface area contributed by atoms with Crippen molar-refractivity contribution in [3.63, 3.8) is 0 Å². The molecule has 0 fully saturated rings. The molecule has 0 saturated carbocycles. The number of nitrogens with one attached hydrogen (secondary N) is 1. The van der Waals surface area contributed by atoms with Crippen molar-refractivity contribution in [1.29, 1.82) is 0 Å². The van der Waals surface area contributed by atoms with Gasteiger partial charge in [0.2, 0.25) is 0 Å². The van der Waals surface area contributed by atoms with E-state index in [1.807, 2.05) is 36.4 Å². The number of pyridine rings is 1. The number of benzene rings is 1. The predicted octanol–water partition coefficient (Wildman–Crippen LogP) is 2.66. The topological polar surface area (TPSA) is 45.1 Å². The van der Waals surface area contributed by atoms with Gasteiger partial charge in [-0.1, -0.05) is 36.4 Å². The van der Waals surface area contributed by atoms with E-state index in [1.54, 1.807) is 6.20 Å². The van der Waals surface area contributed by atoms with E-state index < -0.39 is 0 Å². The first-order valence-corrected chi connectivity index (χ1v) is 6.21. The van der Waals surface area contributed by atoms with Crippen LogP contribution < -0.4 is 5.32 Å². The lowest BCUT2D eigenvalue weighted by molar-refractivity contribution is 0.277. The minimum absolute atomic E-state index is 0.198. The van der Waals surface area contributed by atoms with Crippen LogP contribution in [-0.2, 0) is 0 Å². The highest BCUT2D eigenvalue weighted by atomic mass is 16.3. The Balaban J connectivity index is 1.99. The second-order valence-corrected chi connectivity index (χ2v) is 4.22. The molecular formula is C15H18N2O. The first kappa shape index (κ1) is 12.6. The molecule has 0 amide bonds. The van der Waals surface area contributed by atoms with Crippen molar-refractivity contribution in [2.24, 2.45) is 0 Å². The normalized spacial score (nSPS) is 12.1. The molecule has 1 heterocycles. The number of hydrogen-bond donors (Lipinski definition) is 2. The van der Waals surface area contributed by atoms with Crippen LogP contribution >= 0.6 is 0 Å². The number of anilines is 1. The van der Waals surface area contributed by atoms with Crippen LogP contribution in [0.15, 0.2) is 54.7 Å². The van der Waals surface area contributed by atoms with Gasteiger partial charge in [-0.2, -0.15) is 0 Å². The molecule has 0 saturated heterocycles. The molecule has 0 aliphatic rings. The fraction of sp³-hybridized carbons (Fsp3) is 0.267. The number of nitrogens with zero attached hydrogens (tertiary/aromatic N) is 1. The fourth-order valence-electron chi connectivity index (χ4n) is 1.96. The number of aromatic nitrogens is 1. The van der Waals surface area contributed by atoms with Gasteiger partial charge in [-0.25, -0.2) is 4.98 Å². The third-order valence-electron chi connectivity index (χ3n) is 2.94. The summed E-state index contributed by atoms with van der Waals surface area (Å²) >= 11 is 0. The van der Waals surface area contributed by atoms with Crippen molar-refractivity contribution in [2.45, 2.75) is 12.3 Å². The Morgan fingerprint density at radius 3 is 2.50 bits per heavy atom. The van der Waals surface area contributed by atoms with Crippen LogP contribution in [0.25, 0.3) is 0 Å². The van der Waals surface area contributed by atoms with Crippen LogP contribution in [0, 0.1) is 0 Å². The van der Waals surface area contributed by atoms with Gasteiger partial charge in [0.05, 0.1) is 0 Å². The van der Waals surface area contributed by atoms with Gasteiger partial charge in [0, 0.05) is 25.3 Å². The van der Waals surface area contributed by atoms with Gasteiger partial charge in [-0.3, -0.25) is 0 Å². The van der Waals surface area contributed by atoms with E-state index in [1.165, 1.54) is 5.56 Å². The van der Waals surface area contributed by atoms with Crippen LogP contribution in [0.1, 0.15) is 17.9 Å². The molecule has 3 nitrogen and oxygen atoms in total. The van der Waals surface area contributed by atoms with Crippen molar-refractivity contribution >= 4 is 5.82 Å². The Bertz CT molecular complexity index is 445. The number of rotatable bonds is 6. The van der Waals surface area contributed by atoms with Crippen LogP contribution in [-0.4, -0.2) is 23.2 Å². The quantitative estimate of drug-likeness (QED) is 0.818. The molecule has 1 atom stereocenters. The molecule has 1 aromatic carbocycles. The zero-order valence-corrected chi connectivity index (χ0v) is 10.3. The van der Waals surface area contributed by atoms with Crippen molar-refractivity contribution in [1.82, 2.24) is 4.98 Å². The Labute approximate surface area is 108 Å². The molecule has 0 aliphatic carbocycles. The highest BCUT2D eigenvalue weighted by molar-refractivity contribution is 5.34. The molecule has 0 aliphatic heterocycles. The molecule has 2 rings (SSSR count). The summed E-state index contributed by atoms with van der Waals surface area (Å²) in [6.07, 6.45) is 2.52. The minimum Gasteiger partial charge on any atom is -0.396 e. The summed E-state index contributed by atoms with van der Waals surface area (Å²) in [5.41, 5.74) is 1.25. The number of aliphatic hydroxyl groups is 1. The fourth-order valence-corrected chi connectivity index (χ4v) is 1.96. The zero-order valence-electron chi connectivity index (χ0n) is 10.3. The van der Waals surface area contributed by atoms with E-state index in [0.29, 0.717) is 5.92 Å². The van der Waals surface area contributed by atoms with Crippen molar-refractivity contribution in [2.75, 3.05) is 18.5 Å². The molecule has 0 spiro atoms. The maximum Gasteiger partial charge on any atom is 0.125 e. The standard InChI is InChI=1S/C15H18N2O/c18-11-9-14(13-6-2-1-3-7-13)12-17-15-8-4-5-10-16-15/h1-8,10,14,18H,9,11-12H2,(H,16,17). The molecule has 2 N–H and O–H groups in total. The first-order valence-electron chi connectivity index (χ1n) is 6.21. The summed E-state index contributed by atoms with van der Waals surface area (Å²) in [5.74, 6) is 1.18. The largest absolute Gasteiger partial charge is 0.396 e. The molecular weight excluding hydrogens is 224 g/mol. The molecule has 1 aromatic heterocycles. The summed E-state index contributed by atoms with van der Waals surface area (Å²) in [6, 6.07) is 16.1. The van der Waals surface area contributed by atoms with Crippen LogP contribution in [0.3, 0.4) is 0 Å². The lowest BCUT2D eigenvalue weighted by atomic mass is 9.96. The smallest absolute Gasteiger partial charge is 0.125 e. The van der Waals surface area contributed by atoms with E-state index in [4.69, 9.17) is 5.11 Å². The molecule has 0 radical (unpaired) electrons. The summed E-state index contributed by atoms with van der Waals surface area (Å²) in [7, 11) is 0. The van der Waals surface area contributed by atoms with Crippen LogP contribution in [0.5, 0.6) is 0 Å². The second kappa shape index (κ2) is 6.77. The van der Waals surface area contributed by atoms with E-state index in [-0.39, 0.29) is 6.61 Å². The molecule has 94 valence electrons. The summed E-state index contributed by atoms with van der Waals surface area (Å²) in [4.78, 5) is 4.23. The third-order valence-corrected chi connectivity index (χ3v) is 2.94. The summed E-state index contributed by atoms with van der Waals surface area (Å²) < 4.78 is 0. The minimum atomic E-state index is 0.198. The highest BCUT2D eigenvalue weighted by Gasteiger charge is 2.10. The maximum atomic E-state index is 9.15. The van der Waals surface area contributed by atoms with Crippen molar-refractivity contribution in [3.8, 4) is 0 Å². The van der Waals surface area contributed by atoms with Gasteiger partial charge in [0.1, 0.15) is 5.82 Å². The van der Waals surface area contributed by atoms with E-state index in [2.05, 4.69) is 22.4 Å². The van der Waals surface area contributed by atoms with E-state index in [9.17, 15) is 0 Å². The zero-order chi connectivity index (χ0) is 12.6. The van der Waals surface area contributed by atoms with Crippen molar-refractivity contribution in [3.05, 3.63) is 60.3 Å². The van der Waals surface area contributed by atoms with Crippen LogP contribution in [0.2, 0.25) is 0 Å². The Hall–Kier alpha value is -1.87. The van der Waals surface area contributed by atoms with E-state index in [0.717, 1.165) is 18.8 Å². The predicted molar refractivity (Wildman–Crippen MR) is 73.6 cm³/mol. The van der Waals surface area contributed by atoms with Crippen molar-refractivity contribution < 1.29 is 5.11 Å². The Morgan fingerprint density at radius 1 is 1.06 bits per heavy atom. The van der Waals surface area contributed by atoms with Gasteiger partial charge in [0.25, 0.3) is 0 Å². The van der Waals surface area contributed by atoms with Gasteiger partial charge >= 0.3 is 0 Å². The number of aliphatic hydroxyl groups excluding tert-OH is 1. The Kier molecular flexibility index (Phi) is 4.73. The van der Waals surface area contributed by atoms with Gasteiger partial charge < -0.3 is 10.4 Å². The second-order valence-electron chi connectivity index (χ2n) is 4.22. The SMILES string of the molecule is OCCC(CNc1ccccn1)c1ccccc1. The summed E-state index contributed by atoms with van der Waals surface area (Å²) in [5, 5.41) is 12.5. The monoisotopic (exact) mass is 242 g/mol. The van der Waals surface area contributed by atoms with Gasteiger partial charge in [-0.05, 0) is 24.1 Å². The first-order chi connectivity index (χ1) is 8.90. The maximum absolute atomic E-state index is 9.15. The highest BCUT2D eigenvalue weighted by Crippen LogP contribution is 2.19. The molecule has 0 bridgehead atoms. The lowest BCUT2D eigenvalue weighted by Crippen LogP contribution is -2.14. The number of hydrogen-bond acceptors (Lipinski definition) is 3. The average Bonchev–Trinajstić information content (AvgIpc) is 2.45. The molecule has 2 aromatic rings. The average molecular weight is 242 g/mol. The third kappa shape index (κ3) is 3.57. The van der Waals surface area contributed by atoms with E-state index >= 15 is 0 Å². The van der Waals surface area contributed by atoms with Gasteiger partial charge in [-0.15, -0.1) is 0 Å². The molecule has 1 unspecified atom stereocenters.